The summed E-state index contributed by atoms with van der Waals surface area (Å²) in [5.41, 5.74) is 4.80. The van der Waals surface area contributed by atoms with Crippen molar-refractivity contribution in [2.24, 2.45) is 5.92 Å². The number of benzene rings is 2. The van der Waals surface area contributed by atoms with Crippen LogP contribution in [0.25, 0.3) is 10.9 Å². The predicted molar refractivity (Wildman–Crippen MR) is 113 cm³/mol. The summed E-state index contributed by atoms with van der Waals surface area (Å²) in [6.45, 7) is 6.95. The smallest absolute Gasteiger partial charge is 0.122 e. The molecule has 1 atom stereocenters. The van der Waals surface area contributed by atoms with E-state index < -0.39 is 0 Å². The van der Waals surface area contributed by atoms with Gasteiger partial charge in [-0.05, 0) is 49.9 Å². The van der Waals surface area contributed by atoms with Crippen molar-refractivity contribution in [3.63, 3.8) is 0 Å². The second-order valence-electron chi connectivity index (χ2n) is 7.71. The number of piperidine rings is 1. The van der Waals surface area contributed by atoms with E-state index in [-0.39, 0.29) is 0 Å². The molecule has 1 unspecified atom stereocenters. The zero-order chi connectivity index (χ0) is 19.5. The summed E-state index contributed by atoms with van der Waals surface area (Å²) in [7, 11) is 0. The number of aromatic nitrogens is 1. The highest BCUT2D eigenvalue weighted by atomic mass is 16.5. The SMILES string of the molecule is Cc1cc(N2CCCC(C)C2)c2ccc(OCc3ccccc3C#N)cc2n1. The van der Waals surface area contributed by atoms with Gasteiger partial charge in [0.15, 0.2) is 0 Å². The lowest BCUT2D eigenvalue weighted by Crippen LogP contribution is -2.34. The van der Waals surface area contributed by atoms with E-state index in [1.54, 1.807) is 0 Å². The van der Waals surface area contributed by atoms with Crippen LogP contribution in [0.1, 0.15) is 36.6 Å². The van der Waals surface area contributed by atoms with Crippen LogP contribution in [0.3, 0.4) is 0 Å². The number of anilines is 1. The van der Waals surface area contributed by atoms with Crippen molar-refractivity contribution in [2.75, 3.05) is 18.0 Å². The van der Waals surface area contributed by atoms with Crippen molar-refractivity contribution in [3.05, 3.63) is 65.4 Å². The van der Waals surface area contributed by atoms with Crippen molar-refractivity contribution in [2.45, 2.75) is 33.3 Å². The fourth-order valence-corrected chi connectivity index (χ4v) is 3.99. The van der Waals surface area contributed by atoms with Crippen LogP contribution in [0, 0.1) is 24.2 Å². The molecule has 0 saturated carbocycles. The second kappa shape index (κ2) is 7.90. The Morgan fingerprint density at radius 3 is 2.89 bits per heavy atom. The minimum Gasteiger partial charge on any atom is -0.489 e. The van der Waals surface area contributed by atoms with Crippen LogP contribution in [0.5, 0.6) is 5.75 Å². The van der Waals surface area contributed by atoms with Gasteiger partial charge in [0, 0.05) is 41.5 Å². The lowest BCUT2D eigenvalue weighted by atomic mass is 9.99. The zero-order valence-electron chi connectivity index (χ0n) is 16.5. The highest BCUT2D eigenvalue weighted by Gasteiger charge is 2.19. The number of nitrogens with zero attached hydrogens (tertiary/aromatic N) is 3. The number of pyridine rings is 1. The van der Waals surface area contributed by atoms with Crippen LogP contribution in [0.15, 0.2) is 48.5 Å². The van der Waals surface area contributed by atoms with E-state index in [1.165, 1.54) is 23.9 Å². The van der Waals surface area contributed by atoms with E-state index in [4.69, 9.17) is 9.72 Å². The van der Waals surface area contributed by atoms with E-state index in [9.17, 15) is 5.26 Å². The second-order valence-corrected chi connectivity index (χ2v) is 7.71. The fraction of sp³-hybridized carbons (Fsp3) is 0.333. The third kappa shape index (κ3) is 3.80. The normalized spacial score (nSPS) is 16.8. The topological polar surface area (TPSA) is 49.1 Å². The van der Waals surface area contributed by atoms with E-state index >= 15 is 0 Å². The van der Waals surface area contributed by atoms with Crippen LogP contribution < -0.4 is 9.64 Å². The minimum atomic E-state index is 0.373. The molecule has 28 heavy (non-hydrogen) atoms. The van der Waals surface area contributed by atoms with Gasteiger partial charge in [0.05, 0.1) is 17.1 Å². The quantitative estimate of drug-likeness (QED) is 0.630. The van der Waals surface area contributed by atoms with Gasteiger partial charge in [-0.3, -0.25) is 4.98 Å². The van der Waals surface area contributed by atoms with Crippen molar-refractivity contribution < 1.29 is 4.74 Å². The monoisotopic (exact) mass is 371 g/mol. The Bertz CT molecular complexity index is 1040. The molecule has 3 aromatic rings. The zero-order valence-corrected chi connectivity index (χ0v) is 16.5. The summed E-state index contributed by atoms with van der Waals surface area (Å²) >= 11 is 0. The first-order chi connectivity index (χ1) is 13.6. The largest absolute Gasteiger partial charge is 0.489 e. The summed E-state index contributed by atoms with van der Waals surface area (Å²) in [5.74, 6) is 1.50. The van der Waals surface area contributed by atoms with Gasteiger partial charge >= 0.3 is 0 Å². The van der Waals surface area contributed by atoms with Crippen molar-refractivity contribution >= 4 is 16.6 Å². The van der Waals surface area contributed by atoms with Gasteiger partial charge in [-0.15, -0.1) is 0 Å². The molecule has 0 spiro atoms. The maximum Gasteiger partial charge on any atom is 0.122 e. The Balaban J connectivity index is 1.61. The number of fused-ring (bicyclic) bond motifs is 1. The summed E-state index contributed by atoms with van der Waals surface area (Å²) in [6.07, 6.45) is 2.55. The molecule has 1 aliphatic heterocycles. The summed E-state index contributed by atoms with van der Waals surface area (Å²) < 4.78 is 5.98. The van der Waals surface area contributed by atoms with Gasteiger partial charge < -0.3 is 9.64 Å². The Hall–Kier alpha value is -3.06. The number of hydrogen-bond acceptors (Lipinski definition) is 4. The first kappa shape index (κ1) is 18.3. The van der Waals surface area contributed by atoms with Gasteiger partial charge in [0.2, 0.25) is 0 Å². The minimum absolute atomic E-state index is 0.373. The van der Waals surface area contributed by atoms with E-state index in [0.29, 0.717) is 12.2 Å². The van der Waals surface area contributed by atoms with Gasteiger partial charge in [0.25, 0.3) is 0 Å². The number of nitriles is 1. The molecule has 4 rings (SSSR count). The van der Waals surface area contributed by atoms with Crippen LogP contribution in [-0.4, -0.2) is 18.1 Å². The third-order valence-corrected chi connectivity index (χ3v) is 5.42. The Morgan fingerprint density at radius 1 is 1.21 bits per heavy atom. The van der Waals surface area contributed by atoms with Crippen molar-refractivity contribution in [1.82, 2.24) is 4.98 Å². The van der Waals surface area contributed by atoms with E-state index in [2.05, 4.69) is 30.0 Å². The molecule has 4 nitrogen and oxygen atoms in total. The molecule has 1 fully saturated rings. The summed E-state index contributed by atoms with van der Waals surface area (Å²) in [5, 5.41) is 10.4. The molecule has 2 heterocycles. The molecule has 0 aliphatic carbocycles. The summed E-state index contributed by atoms with van der Waals surface area (Å²) in [6, 6.07) is 18.1. The maximum absolute atomic E-state index is 9.24. The predicted octanol–water partition coefficient (Wildman–Crippen LogP) is 5.23. The van der Waals surface area contributed by atoms with Gasteiger partial charge in [-0.25, -0.2) is 0 Å². The van der Waals surface area contributed by atoms with Gasteiger partial charge in [-0.2, -0.15) is 5.26 Å². The number of rotatable bonds is 4. The highest BCUT2D eigenvalue weighted by Crippen LogP contribution is 2.32. The maximum atomic E-state index is 9.24. The molecule has 0 radical (unpaired) electrons. The average molecular weight is 371 g/mol. The summed E-state index contributed by atoms with van der Waals surface area (Å²) in [4.78, 5) is 7.24. The molecule has 1 aliphatic rings. The molecule has 0 amide bonds. The Labute approximate surface area is 166 Å². The van der Waals surface area contributed by atoms with Crippen LogP contribution in [-0.2, 0) is 6.61 Å². The lowest BCUT2D eigenvalue weighted by molar-refractivity contribution is 0.306. The third-order valence-electron chi connectivity index (χ3n) is 5.42. The van der Waals surface area contributed by atoms with Crippen molar-refractivity contribution in [3.8, 4) is 11.8 Å². The van der Waals surface area contributed by atoms with Crippen molar-refractivity contribution in [1.29, 1.82) is 5.26 Å². The number of ether oxygens (including phenoxy) is 1. The molecule has 1 saturated heterocycles. The van der Waals surface area contributed by atoms with Crippen LogP contribution in [0.2, 0.25) is 0 Å². The molecular weight excluding hydrogens is 346 g/mol. The molecule has 0 bridgehead atoms. The fourth-order valence-electron chi connectivity index (χ4n) is 3.99. The van der Waals surface area contributed by atoms with Gasteiger partial charge in [-0.1, -0.05) is 25.1 Å². The van der Waals surface area contributed by atoms with Crippen LogP contribution >= 0.6 is 0 Å². The molecule has 1 aromatic heterocycles. The first-order valence-electron chi connectivity index (χ1n) is 9.91. The molecule has 142 valence electrons. The lowest BCUT2D eigenvalue weighted by Gasteiger charge is -2.33. The number of hydrogen-bond donors (Lipinski definition) is 0. The molecule has 0 N–H and O–H groups in total. The first-order valence-corrected chi connectivity index (χ1v) is 9.91. The number of aryl methyl sites for hydroxylation is 1. The standard InChI is InChI=1S/C24H25N3O/c1-17-6-5-11-27(15-17)24-12-18(2)26-23-13-21(9-10-22(23)24)28-16-20-8-4-3-7-19(20)14-25/h3-4,7-10,12-13,17H,5-6,11,15-16H2,1-2H3. The van der Waals surface area contributed by atoms with Crippen LogP contribution in [0.4, 0.5) is 5.69 Å². The molecular formula is C24H25N3O. The molecule has 4 heteroatoms. The Kier molecular flexibility index (Phi) is 5.16. The van der Waals surface area contributed by atoms with Gasteiger partial charge in [0.1, 0.15) is 12.4 Å². The highest BCUT2D eigenvalue weighted by molar-refractivity contribution is 5.92. The Morgan fingerprint density at radius 2 is 2.07 bits per heavy atom. The van der Waals surface area contributed by atoms with E-state index in [0.717, 1.165) is 41.5 Å². The van der Waals surface area contributed by atoms with E-state index in [1.807, 2.05) is 43.3 Å². The molecule has 2 aromatic carbocycles. The average Bonchev–Trinajstić information content (AvgIpc) is 2.71.